The van der Waals surface area contributed by atoms with Gasteiger partial charge >= 0.3 is 0 Å². The average molecular weight is 355 g/mol. The fourth-order valence-corrected chi connectivity index (χ4v) is 2.61. The van der Waals surface area contributed by atoms with Crippen LogP contribution in [-0.2, 0) is 17.9 Å². The number of para-hydroxylation sites is 1. The number of nitrogens with zero attached hydrogens (tertiary/aromatic N) is 1. The summed E-state index contributed by atoms with van der Waals surface area (Å²) in [6.45, 7) is 6.04. The summed E-state index contributed by atoms with van der Waals surface area (Å²) in [6, 6.07) is 16.3. The Labute approximate surface area is 156 Å². The minimum atomic E-state index is 0.0235. The second kappa shape index (κ2) is 10.5. The maximum Gasteiger partial charge on any atom is 0.191 e. The molecule has 0 heterocycles. The van der Waals surface area contributed by atoms with Crippen molar-refractivity contribution >= 4 is 5.96 Å². The Morgan fingerprint density at radius 2 is 1.73 bits per heavy atom. The number of benzene rings is 2. The molecule has 0 amide bonds. The van der Waals surface area contributed by atoms with Gasteiger partial charge in [0.1, 0.15) is 11.9 Å². The summed E-state index contributed by atoms with van der Waals surface area (Å²) in [6.07, 6.45) is 0.0235. The zero-order chi connectivity index (χ0) is 18.8. The van der Waals surface area contributed by atoms with Crippen LogP contribution in [0.15, 0.2) is 53.5 Å². The van der Waals surface area contributed by atoms with Crippen LogP contribution in [0, 0.1) is 6.92 Å². The first kappa shape index (κ1) is 19.8. The fraction of sp³-hybridized carbons (Fsp3) is 0.381. The van der Waals surface area contributed by atoms with Crippen LogP contribution >= 0.6 is 0 Å². The number of hydrogen-bond donors (Lipinski definition) is 2. The highest BCUT2D eigenvalue weighted by Crippen LogP contribution is 2.17. The molecule has 2 rings (SSSR count). The first-order chi connectivity index (χ1) is 12.6. The second-order valence-corrected chi connectivity index (χ2v) is 6.20. The summed E-state index contributed by atoms with van der Waals surface area (Å²) in [5.74, 6) is 1.66. The van der Waals surface area contributed by atoms with E-state index in [4.69, 9.17) is 9.47 Å². The molecule has 2 aromatic carbocycles. The lowest BCUT2D eigenvalue weighted by atomic mass is 10.1. The molecular formula is C21H29N3O2. The summed E-state index contributed by atoms with van der Waals surface area (Å²) in [5.41, 5.74) is 3.51. The van der Waals surface area contributed by atoms with Crippen molar-refractivity contribution in [2.45, 2.75) is 33.1 Å². The van der Waals surface area contributed by atoms with Gasteiger partial charge in [-0.1, -0.05) is 42.5 Å². The van der Waals surface area contributed by atoms with Gasteiger partial charge < -0.3 is 20.1 Å². The van der Waals surface area contributed by atoms with E-state index in [2.05, 4.69) is 27.8 Å². The quantitative estimate of drug-likeness (QED) is 0.564. The minimum Gasteiger partial charge on any atom is -0.489 e. The topological polar surface area (TPSA) is 54.9 Å². The standard InChI is InChI=1S/C21H29N3O2/c1-16-9-5-8-12-20(16)26-17(2)13-23-21(22-3)24-14-18-10-6-7-11-19(18)15-25-4/h5-12,17H,13-15H2,1-4H3,(H2,22,23,24). The number of methoxy groups -OCH3 is 1. The lowest BCUT2D eigenvalue weighted by Crippen LogP contribution is -2.41. The molecule has 26 heavy (non-hydrogen) atoms. The highest BCUT2D eigenvalue weighted by molar-refractivity contribution is 5.79. The van der Waals surface area contributed by atoms with Gasteiger partial charge in [0.25, 0.3) is 0 Å². The zero-order valence-corrected chi connectivity index (χ0v) is 16.1. The van der Waals surface area contributed by atoms with Crippen molar-refractivity contribution in [2.24, 2.45) is 4.99 Å². The van der Waals surface area contributed by atoms with Gasteiger partial charge in [-0.05, 0) is 36.6 Å². The SMILES string of the molecule is CN=C(NCc1ccccc1COC)NCC(C)Oc1ccccc1C. The van der Waals surface area contributed by atoms with E-state index in [1.54, 1.807) is 14.2 Å². The molecule has 0 bridgehead atoms. The number of ether oxygens (including phenoxy) is 2. The average Bonchev–Trinajstić information content (AvgIpc) is 2.65. The first-order valence-electron chi connectivity index (χ1n) is 8.86. The maximum absolute atomic E-state index is 5.99. The number of aryl methyl sites for hydroxylation is 1. The third-order valence-electron chi connectivity index (χ3n) is 4.07. The summed E-state index contributed by atoms with van der Waals surface area (Å²) in [5, 5.41) is 6.66. The van der Waals surface area contributed by atoms with Crippen molar-refractivity contribution in [1.82, 2.24) is 10.6 Å². The molecule has 1 unspecified atom stereocenters. The molecule has 0 saturated heterocycles. The number of aliphatic imine (C=N–C) groups is 1. The Balaban J connectivity index is 1.83. The molecule has 0 saturated carbocycles. The highest BCUT2D eigenvalue weighted by atomic mass is 16.5. The molecule has 1 atom stereocenters. The number of guanidine groups is 1. The second-order valence-electron chi connectivity index (χ2n) is 6.20. The first-order valence-corrected chi connectivity index (χ1v) is 8.86. The zero-order valence-electron chi connectivity index (χ0n) is 16.1. The lowest BCUT2D eigenvalue weighted by molar-refractivity contribution is 0.184. The van der Waals surface area contributed by atoms with Gasteiger partial charge in [0.2, 0.25) is 0 Å². The molecule has 2 aromatic rings. The van der Waals surface area contributed by atoms with Crippen LogP contribution in [0.3, 0.4) is 0 Å². The van der Waals surface area contributed by atoms with Crippen LogP contribution in [-0.4, -0.2) is 32.8 Å². The van der Waals surface area contributed by atoms with Crippen molar-refractivity contribution < 1.29 is 9.47 Å². The lowest BCUT2D eigenvalue weighted by Gasteiger charge is -2.19. The fourth-order valence-electron chi connectivity index (χ4n) is 2.61. The van der Waals surface area contributed by atoms with Crippen molar-refractivity contribution in [3.8, 4) is 5.75 Å². The summed E-state index contributed by atoms with van der Waals surface area (Å²) in [7, 11) is 3.48. The molecule has 0 spiro atoms. The van der Waals surface area contributed by atoms with Crippen molar-refractivity contribution in [2.75, 3.05) is 20.7 Å². The number of hydrogen-bond acceptors (Lipinski definition) is 3. The Kier molecular flexibility index (Phi) is 7.96. The van der Waals surface area contributed by atoms with E-state index in [1.165, 1.54) is 11.1 Å². The van der Waals surface area contributed by atoms with Crippen LogP contribution < -0.4 is 15.4 Å². The monoisotopic (exact) mass is 355 g/mol. The minimum absolute atomic E-state index is 0.0235. The smallest absolute Gasteiger partial charge is 0.191 e. The largest absolute Gasteiger partial charge is 0.489 e. The van der Waals surface area contributed by atoms with Crippen LogP contribution in [0.25, 0.3) is 0 Å². The molecule has 0 aliphatic rings. The molecule has 5 nitrogen and oxygen atoms in total. The molecule has 0 aliphatic heterocycles. The van der Waals surface area contributed by atoms with Crippen LogP contribution in [0.5, 0.6) is 5.75 Å². The highest BCUT2D eigenvalue weighted by Gasteiger charge is 2.08. The Hall–Kier alpha value is -2.53. The molecule has 0 aromatic heterocycles. The predicted molar refractivity (Wildman–Crippen MR) is 107 cm³/mol. The molecule has 5 heteroatoms. The van der Waals surface area contributed by atoms with E-state index < -0.39 is 0 Å². The van der Waals surface area contributed by atoms with Crippen LogP contribution in [0.2, 0.25) is 0 Å². The summed E-state index contributed by atoms with van der Waals surface area (Å²) >= 11 is 0. The van der Waals surface area contributed by atoms with Gasteiger partial charge in [-0.25, -0.2) is 0 Å². The van der Waals surface area contributed by atoms with E-state index in [1.807, 2.05) is 50.2 Å². The van der Waals surface area contributed by atoms with Crippen molar-refractivity contribution in [3.63, 3.8) is 0 Å². The van der Waals surface area contributed by atoms with Gasteiger partial charge in [-0.15, -0.1) is 0 Å². The molecule has 0 aliphatic carbocycles. The summed E-state index contributed by atoms with van der Waals surface area (Å²) in [4.78, 5) is 4.28. The van der Waals surface area contributed by atoms with Gasteiger partial charge in [0.15, 0.2) is 5.96 Å². The van der Waals surface area contributed by atoms with E-state index in [0.717, 1.165) is 17.3 Å². The number of rotatable bonds is 8. The van der Waals surface area contributed by atoms with Gasteiger partial charge in [0.05, 0.1) is 13.2 Å². The Bertz CT molecular complexity index is 716. The molecule has 0 radical (unpaired) electrons. The third-order valence-corrected chi connectivity index (χ3v) is 4.07. The molecule has 2 N–H and O–H groups in total. The van der Waals surface area contributed by atoms with E-state index in [-0.39, 0.29) is 6.10 Å². The Morgan fingerprint density at radius 3 is 2.42 bits per heavy atom. The molecule has 0 fully saturated rings. The van der Waals surface area contributed by atoms with Gasteiger partial charge in [-0.2, -0.15) is 0 Å². The molecular weight excluding hydrogens is 326 g/mol. The van der Waals surface area contributed by atoms with E-state index in [0.29, 0.717) is 19.7 Å². The predicted octanol–water partition coefficient (Wildman–Crippen LogP) is 3.27. The molecule has 140 valence electrons. The van der Waals surface area contributed by atoms with Crippen LogP contribution in [0.1, 0.15) is 23.6 Å². The van der Waals surface area contributed by atoms with E-state index >= 15 is 0 Å². The van der Waals surface area contributed by atoms with Crippen molar-refractivity contribution in [1.29, 1.82) is 0 Å². The van der Waals surface area contributed by atoms with Gasteiger partial charge in [0, 0.05) is 20.7 Å². The van der Waals surface area contributed by atoms with Crippen LogP contribution in [0.4, 0.5) is 0 Å². The maximum atomic E-state index is 5.99. The normalized spacial score (nSPS) is 12.5. The van der Waals surface area contributed by atoms with Crippen molar-refractivity contribution in [3.05, 3.63) is 65.2 Å². The van der Waals surface area contributed by atoms with Gasteiger partial charge in [-0.3, -0.25) is 4.99 Å². The summed E-state index contributed by atoms with van der Waals surface area (Å²) < 4.78 is 11.2. The van der Waals surface area contributed by atoms with E-state index in [9.17, 15) is 0 Å². The Morgan fingerprint density at radius 1 is 1.04 bits per heavy atom. The number of nitrogens with one attached hydrogen (secondary N) is 2. The third kappa shape index (κ3) is 6.08.